The summed E-state index contributed by atoms with van der Waals surface area (Å²) in [5.74, 6) is 0. The third kappa shape index (κ3) is 5.85. The Balaban J connectivity index is 3.56. The van der Waals surface area contributed by atoms with E-state index in [0.717, 1.165) is 3.58 Å². The average molecular weight is 238 g/mol. The molecule has 9 heavy (non-hydrogen) atoms. The zero-order chi connectivity index (χ0) is 7.28. The fraction of sp³-hybridized carbons (Fsp3) is 0.333. The molecule has 0 rings (SSSR count). The Labute approximate surface area is 69.7 Å². The van der Waals surface area contributed by atoms with Crippen molar-refractivity contribution < 1.29 is 0 Å². The van der Waals surface area contributed by atoms with Crippen LogP contribution in [0.2, 0.25) is 0 Å². The fourth-order valence-electron chi connectivity index (χ4n) is 0.267. The van der Waals surface area contributed by atoms with Gasteiger partial charge in [-0.15, -0.1) is 0 Å². The summed E-state index contributed by atoms with van der Waals surface area (Å²) in [7, 11) is 3.79. The summed E-state index contributed by atoms with van der Waals surface area (Å²) in [6.07, 6.45) is 3.84. The Morgan fingerprint density at radius 2 is 2.33 bits per heavy atom. The van der Waals surface area contributed by atoms with Crippen molar-refractivity contribution in [2.75, 3.05) is 14.1 Å². The molecule has 3 heteroatoms. The van der Waals surface area contributed by atoms with Crippen LogP contribution in [0.3, 0.4) is 0 Å². The lowest BCUT2D eigenvalue weighted by Crippen LogP contribution is -2.24. The summed E-state index contributed by atoms with van der Waals surface area (Å²) in [6.45, 7) is 3.71. The van der Waals surface area contributed by atoms with Crippen molar-refractivity contribution in [2.24, 2.45) is 0 Å². The maximum absolute atomic E-state index is 3.71. The van der Waals surface area contributed by atoms with Gasteiger partial charge in [-0.3, -0.25) is 0 Å². The second-order valence-electron chi connectivity index (χ2n) is 1.60. The molecule has 0 saturated heterocycles. The van der Waals surface area contributed by atoms with E-state index in [0.29, 0.717) is 0 Å². The lowest BCUT2D eigenvalue weighted by Gasteiger charge is -2.09. The molecule has 1 N–H and O–H groups in total. The van der Waals surface area contributed by atoms with Crippen molar-refractivity contribution in [2.45, 2.75) is 0 Å². The van der Waals surface area contributed by atoms with E-state index in [2.05, 4.69) is 34.6 Å². The van der Waals surface area contributed by atoms with Crippen LogP contribution in [0.15, 0.2) is 22.4 Å². The zero-order valence-corrected chi connectivity index (χ0v) is 7.84. The van der Waals surface area contributed by atoms with E-state index >= 15 is 0 Å². The van der Waals surface area contributed by atoms with Crippen LogP contribution in [0.5, 0.6) is 0 Å². The topological polar surface area (TPSA) is 15.3 Å². The molecule has 0 fully saturated rings. The van der Waals surface area contributed by atoms with Crippen molar-refractivity contribution in [1.29, 1.82) is 0 Å². The summed E-state index contributed by atoms with van der Waals surface area (Å²) in [4.78, 5) is 0. The van der Waals surface area contributed by atoms with E-state index in [4.69, 9.17) is 0 Å². The van der Waals surface area contributed by atoms with Crippen LogP contribution in [0, 0.1) is 0 Å². The maximum Gasteiger partial charge on any atom is 0.0225 e. The van der Waals surface area contributed by atoms with E-state index < -0.39 is 0 Å². The van der Waals surface area contributed by atoms with Crippen LogP contribution in [0.25, 0.3) is 0 Å². The first kappa shape index (κ1) is 8.97. The number of hydrogen-bond donors (Lipinski definition) is 1. The molecule has 0 aliphatic rings. The van der Waals surface area contributed by atoms with Gasteiger partial charge < -0.3 is 5.01 Å². The Bertz CT molecular complexity index is 120. The maximum atomic E-state index is 3.71. The van der Waals surface area contributed by atoms with E-state index in [9.17, 15) is 0 Å². The summed E-state index contributed by atoms with van der Waals surface area (Å²) < 4.78 is 1.02. The molecular weight excluding hydrogens is 227 g/mol. The van der Waals surface area contributed by atoms with E-state index in [1.54, 1.807) is 0 Å². The predicted octanol–water partition coefficient (Wildman–Crippen LogP) is 1.51. The molecule has 0 radical (unpaired) electrons. The molecule has 52 valence electrons. The number of hydrogen-bond acceptors (Lipinski definition) is 2. The summed E-state index contributed by atoms with van der Waals surface area (Å²) in [5, 5.41) is 1.85. The molecule has 0 aromatic heterocycles. The normalized spacial score (nSPS) is 10.1. The molecule has 0 atom stereocenters. The first-order valence-corrected chi connectivity index (χ1v) is 3.67. The van der Waals surface area contributed by atoms with Crippen LogP contribution >= 0.6 is 22.6 Å². The van der Waals surface area contributed by atoms with Crippen molar-refractivity contribution in [3.05, 3.63) is 22.4 Å². The fourth-order valence-corrected chi connectivity index (χ4v) is 0.428. The second kappa shape index (κ2) is 4.81. The van der Waals surface area contributed by atoms with E-state index in [1.165, 1.54) is 0 Å². The van der Waals surface area contributed by atoms with E-state index in [-0.39, 0.29) is 0 Å². The third-order valence-electron chi connectivity index (χ3n) is 0.832. The average Bonchev–Trinajstić information content (AvgIpc) is 1.83. The minimum atomic E-state index is 1.02. The van der Waals surface area contributed by atoms with Gasteiger partial charge in [0.05, 0.1) is 0 Å². The quantitative estimate of drug-likeness (QED) is 0.455. The highest BCUT2D eigenvalue weighted by Gasteiger charge is 1.80. The number of allylic oxidation sites excluding steroid dienone is 2. The second-order valence-corrected chi connectivity index (χ2v) is 2.98. The number of nitrogens with zero attached hydrogens (tertiary/aromatic N) is 1. The minimum absolute atomic E-state index is 1.02. The van der Waals surface area contributed by atoms with E-state index in [1.807, 2.05) is 31.4 Å². The molecule has 0 bridgehead atoms. The summed E-state index contributed by atoms with van der Waals surface area (Å²) in [5.41, 5.74) is 2.92. The SMILES string of the molecule is C=C(I)/C=C\N(C)NC. The van der Waals surface area contributed by atoms with Gasteiger partial charge >= 0.3 is 0 Å². The largest absolute Gasteiger partial charge is 0.319 e. The van der Waals surface area contributed by atoms with Gasteiger partial charge in [0.25, 0.3) is 0 Å². The van der Waals surface area contributed by atoms with Crippen LogP contribution in [0.1, 0.15) is 0 Å². The lowest BCUT2D eigenvalue weighted by molar-refractivity contribution is 0.365. The third-order valence-corrected chi connectivity index (χ3v) is 1.19. The molecule has 0 heterocycles. The number of hydrazine groups is 1. The van der Waals surface area contributed by atoms with Gasteiger partial charge in [0.2, 0.25) is 0 Å². The molecule has 0 amide bonds. The molecule has 0 aromatic carbocycles. The molecule has 0 aromatic rings. The zero-order valence-electron chi connectivity index (χ0n) is 5.69. The lowest BCUT2D eigenvalue weighted by atomic mass is 10.6. The Morgan fingerprint density at radius 3 is 2.67 bits per heavy atom. The number of halogens is 1. The van der Waals surface area contributed by atoms with Crippen LogP contribution in [-0.4, -0.2) is 19.1 Å². The molecular formula is C6H11IN2. The van der Waals surface area contributed by atoms with Gasteiger partial charge in [-0.2, -0.15) is 0 Å². The first-order chi connectivity index (χ1) is 4.16. The molecule has 0 saturated carbocycles. The Hall–Kier alpha value is -0.0300. The molecule has 0 aliphatic carbocycles. The molecule has 0 aliphatic heterocycles. The number of nitrogens with one attached hydrogen (secondary N) is 1. The summed E-state index contributed by atoms with van der Waals surface area (Å²) in [6, 6.07) is 0. The van der Waals surface area contributed by atoms with Gasteiger partial charge in [-0.1, -0.05) is 6.58 Å². The standard InChI is InChI=1S/C6H11IN2/c1-6(7)4-5-9(3)8-2/h4-5,8H,1H2,2-3H3/b5-4-. The predicted molar refractivity (Wildman–Crippen MR) is 49.1 cm³/mol. The van der Waals surface area contributed by atoms with Crippen LogP contribution in [0.4, 0.5) is 0 Å². The van der Waals surface area contributed by atoms with Crippen LogP contribution < -0.4 is 5.43 Å². The van der Waals surface area contributed by atoms with Gasteiger partial charge in [0.15, 0.2) is 0 Å². The van der Waals surface area contributed by atoms with Gasteiger partial charge in [-0.25, -0.2) is 5.43 Å². The van der Waals surface area contributed by atoms with Gasteiger partial charge in [-0.05, 0) is 28.7 Å². The summed E-state index contributed by atoms with van der Waals surface area (Å²) >= 11 is 2.16. The molecule has 2 nitrogen and oxygen atoms in total. The monoisotopic (exact) mass is 238 g/mol. The highest BCUT2D eigenvalue weighted by Crippen LogP contribution is 2.02. The van der Waals surface area contributed by atoms with Crippen molar-refractivity contribution in [1.82, 2.24) is 10.4 Å². The number of rotatable bonds is 3. The van der Waals surface area contributed by atoms with Crippen molar-refractivity contribution in [3.63, 3.8) is 0 Å². The molecule has 0 unspecified atom stereocenters. The Kier molecular flexibility index (Phi) is 4.80. The first-order valence-electron chi connectivity index (χ1n) is 2.59. The van der Waals surface area contributed by atoms with Gasteiger partial charge in [0.1, 0.15) is 0 Å². The van der Waals surface area contributed by atoms with Crippen molar-refractivity contribution in [3.8, 4) is 0 Å². The highest BCUT2D eigenvalue weighted by molar-refractivity contribution is 14.1. The highest BCUT2D eigenvalue weighted by atomic mass is 127. The molecule has 0 spiro atoms. The Morgan fingerprint density at radius 1 is 1.78 bits per heavy atom. The van der Waals surface area contributed by atoms with Gasteiger partial charge in [0, 0.05) is 23.9 Å². The van der Waals surface area contributed by atoms with Crippen LogP contribution in [-0.2, 0) is 0 Å². The minimum Gasteiger partial charge on any atom is -0.319 e. The van der Waals surface area contributed by atoms with Crippen molar-refractivity contribution >= 4 is 22.6 Å². The smallest absolute Gasteiger partial charge is 0.0225 e.